The molecule has 0 unspecified atom stereocenters. The highest BCUT2D eigenvalue weighted by Crippen LogP contribution is 2.16. The van der Waals surface area contributed by atoms with Crippen LogP contribution < -0.4 is 15.8 Å². The van der Waals surface area contributed by atoms with Gasteiger partial charge in [-0.05, 0) is 26.0 Å². The van der Waals surface area contributed by atoms with Crippen molar-refractivity contribution in [2.24, 2.45) is 11.1 Å². The summed E-state index contributed by atoms with van der Waals surface area (Å²) >= 11 is 0. The van der Waals surface area contributed by atoms with Crippen LogP contribution in [0.1, 0.15) is 13.8 Å². The Morgan fingerprint density at radius 2 is 2.25 bits per heavy atom. The largest absolute Gasteiger partial charge is 0.495 e. The molecule has 1 amide bonds. The van der Waals surface area contributed by atoms with E-state index in [0.29, 0.717) is 18.1 Å². The van der Waals surface area contributed by atoms with E-state index in [1.54, 1.807) is 39.3 Å². The van der Waals surface area contributed by atoms with Crippen molar-refractivity contribution in [3.63, 3.8) is 0 Å². The molecule has 0 atom stereocenters. The van der Waals surface area contributed by atoms with Gasteiger partial charge in [0.1, 0.15) is 11.6 Å². The van der Waals surface area contributed by atoms with Crippen LogP contribution in [0.25, 0.3) is 0 Å². The summed E-state index contributed by atoms with van der Waals surface area (Å²) < 4.78 is 4.99. The average molecular weight is 223 g/mol. The van der Waals surface area contributed by atoms with Gasteiger partial charge in [-0.25, -0.2) is 4.98 Å². The van der Waals surface area contributed by atoms with Gasteiger partial charge in [-0.2, -0.15) is 0 Å². The summed E-state index contributed by atoms with van der Waals surface area (Å²) in [4.78, 5) is 15.2. The van der Waals surface area contributed by atoms with E-state index < -0.39 is 5.41 Å². The van der Waals surface area contributed by atoms with Crippen LogP contribution in [0.5, 0.6) is 5.75 Å². The molecule has 0 bridgehead atoms. The second-order valence-corrected chi connectivity index (χ2v) is 4.18. The van der Waals surface area contributed by atoms with E-state index in [2.05, 4.69) is 10.3 Å². The van der Waals surface area contributed by atoms with Crippen molar-refractivity contribution in [2.45, 2.75) is 13.8 Å². The van der Waals surface area contributed by atoms with Crippen LogP contribution >= 0.6 is 0 Å². The molecule has 5 nitrogen and oxygen atoms in total. The van der Waals surface area contributed by atoms with Crippen LogP contribution in [0.15, 0.2) is 18.3 Å². The van der Waals surface area contributed by atoms with Gasteiger partial charge in [-0.3, -0.25) is 4.79 Å². The molecule has 88 valence electrons. The lowest BCUT2D eigenvalue weighted by atomic mass is 9.93. The zero-order valence-corrected chi connectivity index (χ0v) is 9.78. The molecule has 0 aliphatic rings. The summed E-state index contributed by atoms with van der Waals surface area (Å²) in [6.45, 7) is 4.01. The number of pyridine rings is 1. The normalized spacial score (nSPS) is 10.9. The number of aromatic nitrogens is 1. The molecule has 0 saturated heterocycles. The highest BCUT2D eigenvalue weighted by Gasteiger charge is 2.24. The predicted molar refractivity (Wildman–Crippen MR) is 62.3 cm³/mol. The number of carbonyl (C=O) groups excluding carboxylic acids is 1. The topological polar surface area (TPSA) is 77.2 Å². The molecule has 0 radical (unpaired) electrons. The molecule has 0 aliphatic heterocycles. The minimum absolute atomic E-state index is 0.339. The number of hydrogen-bond acceptors (Lipinski definition) is 4. The van der Waals surface area contributed by atoms with Crippen molar-refractivity contribution >= 4 is 11.7 Å². The Hall–Kier alpha value is -1.78. The van der Waals surface area contributed by atoms with Crippen LogP contribution in [0, 0.1) is 5.41 Å². The van der Waals surface area contributed by atoms with Gasteiger partial charge >= 0.3 is 0 Å². The number of primary amides is 1. The molecule has 0 aromatic carbocycles. The fourth-order valence-electron chi connectivity index (χ4n) is 1.00. The molecule has 0 fully saturated rings. The molecule has 1 heterocycles. The number of anilines is 1. The maximum Gasteiger partial charge on any atom is 0.224 e. The standard InChI is InChI=1S/C11H17N3O2/c1-11(2,10(12)15)7-14-9-5-4-8(16-3)6-13-9/h4-6H,7H2,1-3H3,(H2,12,15)(H,13,14). The molecule has 3 N–H and O–H groups in total. The first-order valence-electron chi connectivity index (χ1n) is 4.99. The molecule has 16 heavy (non-hydrogen) atoms. The Morgan fingerprint density at radius 1 is 1.56 bits per heavy atom. The molecule has 1 rings (SSSR count). The van der Waals surface area contributed by atoms with Gasteiger partial charge in [-0.15, -0.1) is 0 Å². The number of nitrogens with zero attached hydrogens (tertiary/aromatic N) is 1. The van der Waals surface area contributed by atoms with Gasteiger partial charge in [0.25, 0.3) is 0 Å². The second kappa shape index (κ2) is 4.83. The Kier molecular flexibility index (Phi) is 3.71. The summed E-state index contributed by atoms with van der Waals surface area (Å²) in [7, 11) is 1.58. The number of rotatable bonds is 5. The van der Waals surface area contributed by atoms with E-state index in [-0.39, 0.29) is 5.91 Å². The second-order valence-electron chi connectivity index (χ2n) is 4.18. The lowest BCUT2D eigenvalue weighted by molar-refractivity contribution is -0.125. The predicted octanol–water partition coefficient (Wildman–Crippen LogP) is 1.01. The lowest BCUT2D eigenvalue weighted by Crippen LogP contribution is -2.37. The highest BCUT2D eigenvalue weighted by atomic mass is 16.5. The van der Waals surface area contributed by atoms with Crippen molar-refractivity contribution in [2.75, 3.05) is 19.0 Å². The monoisotopic (exact) mass is 223 g/mol. The summed E-state index contributed by atoms with van der Waals surface area (Å²) in [5.41, 5.74) is 4.67. The number of methoxy groups -OCH3 is 1. The summed E-state index contributed by atoms with van der Waals surface area (Å²) in [6, 6.07) is 3.59. The van der Waals surface area contributed by atoms with E-state index >= 15 is 0 Å². The van der Waals surface area contributed by atoms with Crippen LogP contribution in [-0.2, 0) is 4.79 Å². The number of nitrogens with one attached hydrogen (secondary N) is 1. The minimum atomic E-state index is -0.596. The van der Waals surface area contributed by atoms with Crippen molar-refractivity contribution in [3.05, 3.63) is 18.3 Å². The third-order valence-corrected chi connectivity index (χ3v) is 2.35. The van der Waals surface area contributed by atoms with Gasteiger partial charge in [0.05, 0.1) is 18.7 Å². The molecule has 0 saturated carbocycles. The smallest absolute Gasteiger partial charge is 0.224 e. The van der Waals surface area contributed by atoms with Crippen LogP contribution in [0.2, 0.25) is 0 Å². The molecule has 5 heteroatoms. The first-order valence-corrected chi connectivity index (χ1v) is 4.99. The highest BCUT2D eigenvalue weighted by molar-refractivity contribution is 5.80. The molecule has 1 aromatic rings. The van der Waals surface area contributed by atoms with E-state index in [4.69, 9.17) is 10.5 Å². The van der Waals surface area contributed by atoms with Crippen molar-refractivity contribution in [1.29, 1.82) is 0 Å². The van der Waals surface area contributed by atoms with Crippen LogP contribution in [-0.4, -0.2) is 24.5 Å². The zero-order valence-electron chi connectivity index (χ0n) is 9.78. The number of hydrogen-bond donors (Lipinski definition) is 2. The van der Waals surface area contributed by atoms with E-state index in [9.17, 15) is 4.79 Å². The molecule has 1 aromatic heterocycles. The van der Waals surface area contributed by atoms with Crippen molar-refractivity contribution in [1.82, 2.24) is 4.98 Å². The van der Waals surface area contributed by atoms with Crippen LogP contribution in [0.3, 0.4) is 0 Å². The quantitative estimate of drug-likeness (QED) is 0.781. The third-order valence-electron chi connectivity index (χ3n) is 2.35. The SMILES string of the molecule is COc1ccc(NCC(C)(C)C(N)=O)nc1. The Labute approximate surface area is 95.0 Å². The van der Waals surface area contributed by atoms with Crippen LogP contribution in [0.4, 0.5) is 5.82 Å². The molecular weight excluding hydrogens is 206 g/mol. The van der Waals surface area contributed by atoms with E-state index in [0.717, 1.165) is 0 Å². The van der Waals surface area contributed by atoms with Gasteiger partial charge in [-0.1, -0.05) is 0 Å². The molecule has 0 spiro atoms. The maximum atomic E-state index is 11.1. The van der Waals surface area contributed by atoms with E-state index in [1.165, 1.54) is 0 Å². The number of nitrogens with two attached hydrogens (primary N) is 1. The summed E-state index contributed by atoms with van der Waals surface area (Å²) in [6.07, 6.45) is 1.61. The summed E-state index contributed by atoms with van der Waals surface area (Å²) in [5, 5.41) is 3.05. The Morgan fingerprint density at radius 3 is 2.69 bits per heavy atom. The van der Waals surface area contributed by atoms with Gasteiger partial charge < -0.3 is 15.8 Å². The fraction of sp³-hybridized carbons (Fsp3) is 0.455. The molecule has 0 aliphatic carbocycles. The first-order chi connectivity index (χ1) is 7.45. The number of amides is 1. The average Bonchev–Trinajstić information content (AvgIpc) is 2.27. The van der Waals surface area contributed by atoms with Gasteiger partial charge in [0.2, 0.25) is 5.91 Å². The Bertz CT molecular complexity index is 360. The first kappa shape index (κ1) is 12.3. The summed E-state index contributed by atoms with van der Waals surface area (Å²) in [5.74, 6) is 1.04. The Balaban J connectivity index is 2.58. The number of carbonyl (C=O) groups is 1. The van der Waals surface area contributed by atoms with Gasteiger partial charge in [0.15, 0.2) is 0 Å². The van der Waals surface area contributed by atoms with Crippen molar-refractivity contribution in [3.8, 4) is 5.75 Å². The van der Waals surface area contributed by atoms with Crippen molar-refractivity contribution < 1.29 is 9.53 Å². The lowest BCUT2D eigenvalue weighted by Gasteiger charge is -2.20. The zero-order chi connectivity index (χ0) is 12.2. The number of ether oxygens (including phenoxy) is 1. The van der Waals surface area contributed by atoms with E-state index in [1.807, 2.05) is 0 Å². The molecular formula is C11H17N3O2. The third kappa shape index (κ3) is 3.12. The minimum Gasteiger partial charge on any atom is -0.495 e. The fourth-order valence-corrected chi connectivity index (χ4v) is 1.00. The maximum absolute atomic E-state index is 11.1. The van der Waals surface area contributed by atoms with Gasteiger partial charge in [0, 0.05) is 6.54 Å².